The Kier molecular flexibility index (Phi) is 6.18. The van der Waals surface area contributed by atoms with E-state index in [0.717, 1.165) is 0 Å². The van der Waals surface area contributed by atoms with E-state index in [1.54, 1.807) is 60.7 Å². The molecule has 0 aromatic heterocycles. The molecule has 4 atom stereocenters. The smallest absolute Gasteiger partial charge is 0.338 e. The molecule has 1 saturated heterocycles. The minimum absolute atomic E-state index is 0.197. The molecular weight excluding hydrogens is 352 g/mol. The standard InChI is InChI=1S/C20H20O7/c1-24-17-16(27-19(22)14-10-6-3-7-11-14)15(26-20(17)23)12-25-18(21)13-8-4-2-5-9-13/h2-11,15-17,20,23H,12H2,1H3/t15-,16?,17?,20+/m1/s1. The first-order chi connectivity index (χ1) is 13.1. The molecule has 0 spiro atoms. The highest BCUT2D eigenvalue weighted by atomic mass is 16.7. The molecule has 1 N–H and O–H groups in total. The van der Waals surface area contributed by atoms with Crippen LogP contribution in [0.5, 0.6) is 0 Å². The summed E-state index contributed by atoms with van der Waals surface area (Å²) in [5, 5.41) is 10.0. The molecule has 7 heteroatoms. The lowest BCUT2D eigenvalue weighted by atomic mass is 10.1. The molecule has 2 aromatic rings. The van der Waals surface area contributed by atoms with Gasteiger partial charge in [0.15, 0.2) is 12.4 Å². The monoisotopic (exact) mass is 372 g/mol. The minimum Gasteiger partial charge on any atom is -0.459 e. The highest BCUT2D eigenvalue weighted by Gasteiger charge is 2.47. The van der Waals surface area contributed by atoms with E-state index in [-0.39, 0.29) is 6.61 Å². The molecule has 0 amide bonds. The second-order valence-electron chi connectivity index (χ2n) is 5.97. The third-order valence-electron chi connectivity index (χ3n) is 4.20. The van der Waals surface area contributed by atoms with E-state index in [0.29, 0.717) is 11.1 Å². The SMILES string of the molecule is COC1C(OC(=O)c2ccccc2)[C@@H](COC(=O)c2ccccc2)O[C@@H]1O. The van der Waals surface area contributed by atoms with Gasteiger partial charge in [-0.15, -0.1) is 0 Å². The van der Waals surface area contributed by atoms with Crippen LogP contribution in [0.1, 0.15) is 20.7 Å². The van der Waals surface area contributed by atoms with Gasteiger partial charge in [0.25, 0.3) is 0 Å². The highest BCUT2D eigenvalue weighted by molar-refractivity contribution is 5.90. The maximum absolute atomic E-state index is 12.4. The number of hydrogen-bond donors (Lipinski definition) is 1. The van der Waals surface area contributed by atoms with Crippen molar-refractivity contribution < 1.29 is 33.6 Å². The molecule has 1 heterocycles. The third kappa shape index (κ3) is 4.51. The van der Waals surface area contributed by atoms with Gasteiger partial charge in [-0.25, -0.2) is 9.59 Å². The molecule has 0 saturated carbocycles. The number of carbonyl (C=O) groups is 2. The second-order valence-corrected chi connectivity index (χ2v) is 5.97. The van der Waals surface area contributed by atoms with Crippen LogP contribution < -0.4 is 0 Å². The summed E-state index contributed by atoms with van der Waals surface area (Å²) in [6, 6.07) is 16.9. The van der Waals surface area contributed by atoms with Gasteiger partial charge in [0.05, 0.1) is 11.1 Å². The Labute approximate surface area is 156 Å². The van der Waals surface area contributed by atoms with Gasteiger partial charge >= 0.3 is 11.9 Å². The average Bonchev–Trinajstić information content (AvgIpc) is 3.01. The van der Waals surface area contributed by atoms with E-state index < -0.39 is 36.5 Å². The lowest BCUT2D eigenvalue weighted by Gasteiger charge is -2.22. The quantitative estimate of drug-likeness (QED) is 0.773. The summed E-state index contributed by atoms with van der Waals surface area (Å²) in [5.74, 6) is -1.12. The van der Waals surface area contributed by atoms with Crippen molar-refractivity contribution in [2.45, 2.75) is 24.6 Å². The van der Waals surface area contributed by atoms with Crippen LogP contribution in [0.15, 0.2) is 60.7 Å². The van der Waals surface area contributed by atoms with Gasteiger partial charge in [0.2, 0.25) is 0 Å². The van der Waals surface area contributed by atoms with Gasteiger partial charge < -0.3 is 24.1 Å². The van der Waals surface area contributed by atoms with E-state index >= 15 is 0 Å². The predicted molar refractivity (Wildman–Crippen MR) is 94.0 cm³/mol. The number of ether oxygens (including phenoxy) is 4. The number of benzene rings is 2. The largest absolute Gasteiger partial charge is 0.459 e. The first-order valence-electron chi connectivity index (χ1n) is 8.44. The maximum atomic E-state index is 12.4. The minimum atomic E-state index is -1.30. The number of carbonyl (C=O) groups excluding carboxylic acids is 2. The average molecular weight is 372 g/mol. The Bertz CT molecular complexity index is 762. The topological polar surface area (TPSA) is 91.3 Å². The highest BCUT2D eigenvalue weighted by Crippen LogP contribution is 2.26. The van der Waals surface area contributed by atoms with Crippen LogP contribution in [0.4, 0.5) is 0 Å². The van der Waals surface area contributed by atoms with E-state index in [9.17, 15) is 14.7 Å². The van der Waals surface area contributed by atoms with Crippen LogP contribution in [0.2, 0.25) is 0 Å². The summed E-state index contributed by atoms with van der Waals surface area (Å²) in [7, 11) is 1.37. The molecule has 3 rings (SSSR count). The summed E-state index contributed by atoms with van der Waals surface area (Å²) < 4.78 is 21.3. The van der Waals surface area contributed by atoms with Gasteiger partial charge in [-0.05, 0) is 24.3 Å². The normalized spacial score (nSPS) is 24.4. The Morgan fingerprint density at radius 2 is 1.48 bits per heavy atom. The summed E-state index contributed by atoms with van der Waals surface area (Å²) in [5.41, 5.74) is 0.742. The zero-order chi connectivity index (χ0) is 19.2. The Morgan fingerprint density at radius 1 is 0.926 bits per heavy atom. The van der Waals surface area contributed by atoms with Crippen LogP contribution in [-0.2, 0) is 18.9 Å². The Hall–Kier alpha value is -2.74. The summed E-state index contributed by atoms with van der Waals surface area (Å²) in [6.45, 7) is -0.197. The summed E-state index contributed by atoms with van der Waals surface area (Å²) >= 11 is 0. The van der Waals surface area contributed by atoms with Crippen molar-refractivity contribution >= 4 is 11.9 Å². The molecule has 0 radical (unpaired) electrons. The molecule has 0 aliphatic carbocycles. The van der Waals surface area contributed by atoms with Crippen molar-refractivity contribution in [1.82, 2.24) is 0 Å². The molecule has 1 aliphatic heterocycles. The first kappa shape index (κ1) is 19.0. The summed E-state index contributed by atoms with van der Waals surface area (Å²) in [6.07, 6.45) is -3.98. The fourth-order valence-electron chi connectivity index (χ4n) is 2.82. The lowest BCUT2D eigenvalue weighted by molar-refractivity contribution is -0.140. The first-order valence-corrected chi connectivity index (χ1v) is 8.44. The van der Waals surface area contributed by atoms with Gasteiger partial charge in [0.1, 0.15) is 18.8 Å². The van der Waals surface area contributed by atoms with Crippen molar-refractivity contribution in [3.63, 3.8) is 0 Å². The summed E-state index contributed by atoms with van der Waals surface area (Å²) in [4.78, 5) is 24.5. The van der Waals surface area contributed by atoms with Crippen molar-refractivity contribution in [3.8, 4) is 0 Å². The Balaban J connectivity index is 1.67. The zero-order valence-electron chi connectivity index (χ0n) is 14.7. The van der Waals surface area contributed by atoms with Gasteiger partial charge in [-0.2, -0.15) is 0 Å². The molecule has 0 bridgehead atoms. The number of rotatable bonds is 6. The van der Waals surface area contributed by atoms with Gasteiger partial charge in [0, 0.05) is 7.11 Å². The number of aliphatic hydroxyl groups is 1. The molecule has 1 aliphatic rings. The maximum Gasteiger partial charge on any atom is 0.338 e. The molecule has 2 unspecified atom stereocenters. The van der Waals surface area contributed by atoms with Crippen LogP contribution >= 0.6 is 0 Å². The fourth-order valence-corrected chi connectivity index (χ4v) is 2.82. The zero-order valence-corrected chi connectivity index (χ0v) is 14.7. The van der Waals surface area contributed by atoms with E-state index in [4.69, 9.17) is 18.9 Å². The fraction of sp³-hybridized carbons (Fsp3) is 0.300. The van der Waals surface area contributed by atoms with E-state index in [2.05, 4.69) is 0 Å². The number of esters is 2. The van der Waals surface area contributed by atoms with Gasteiger partial charge in [-0.3, -0.25) is 0 Å². The predicted octanol–water partition coefficient (Wildman–Crippen LogP) is 1.80. The second kappa shape index (κ2) is 8.77. The molecular formula is C20H20O7. The van der Waals surface area contributed by atoms with Crippen molar-refractivity contribution in [2.75, 3.05) is 13.7 Å². The number of aliphatic hydroxyl groups excluding tert-OH is 1. The van der Waals surface area contributed by atoms with Crippen LogP contribution in [0.25, 0.3) is 0 Å². The molecule has 2 aromatic carbocycles. The van der Waals surface area contributed by atoms with Crippen LogP contribution in [0.3, 0.4) is 0 Å². The molecule has 7 nitrogen and oxygen atoms in total. The van der Waals surface area contributed by atoms with Crippen molar-refractivity contribution in [2.24, 2.45) is 0 Å². The molecule has 27 heavy (non-hydrogen) atoms. The number of hydrogen-bond acceptors (Lipinski definition) is 7. The lowest BCUT2D eigenvalue weighted by Crippen LogP contribution is -2.40. The van der Waals surface area contributed by atoms with Crippen LogP contribution in [0, 0.1) is 0 Å². The number of methoxy groups -OCH3 is 1. The van der Waals surface area contributed by atoms with E-state index in [1.165, 1.54) is 7.11 Å². The van der Waals surface area contributed by atoms with E-state index in [1.807, 2.05) is 0 Å². The third-order valence-corrected chi connectivity index (χ3v) is 4.20. The van der Waals surface area contributed by atoms with Crippen LogP contribution in [-0.4, -0.2) is 55.4 Å². The van der Waals surface area contributed by atoms with Crippen molar-refractivity contribution in [3.05, 3.63) is 71.8 Å². The Morgan fingerprint density at radius 3 is 2.04 bits per heavy atom. The molecule has 1 fully saturated rings. The van der Waals surface area contributed by atoms with Gasteiger partial charge in [-0.1, -0.05) is 36.4 Å². The van der Waals surface area contributed by atoms with Crippen molar-refractivity contribution in [1.29, 1.82) is 0 Å². The molecule has 142 valence electrons.